The highest BCUT2D eigenvalue weighted by atomic mass is 79.9. The van der Waals surface area contributed by atoms with Crippen LogP contribution in [-0.4, -0.2) is 29.7 Å². The first kappa shape index (κ1) is 11.0. The minimum Gasteiger partial charge on any atom is -0.481 e. The van der Waals surface area contributed by atoms with E-state index in [0.29, 0.717) is 6.54 Å². The summed E-state index contributed by atoms with van der Waals surface area (Å²) in [6, 6.07) is 1.90. The molecule has 0 bridgehead atoms. The van der Waals surface area contributed by atoms with Gasteiger partial charge in [0, 0.05) is 24.3 Å². The number of hydrogen-bond donors (Lipinski definition) is 1. The molecular weight excluding hydrogens is 248 g/mol. The molecule has 1 aromatic rings. The van der Waals surface area contributed by atoms with Crippen LogP contribution in [-0.2, 0) is 4.79 Å². The van der Waals surface area contributed by atoms with Gasteiger partial charge in [-0.05, 0) is 22.0 Å². The van der Waals surface area contributed by atoms with E-state index in [2.05, 4.69) is 20.9 Å². The van der Waals surface area contributed by atoms with Gasteiger partial charge in [-0.1, -0.05) is 0 Å². The molecule has 4 nitrogen and oxygen atoms in total. The van der Waals surface area contributed by atoms with E-state index in [1.807, 2.05) is 18.0 Å². The number of pyridine rings is 1. The van der Waals surface area contributed by atoms with E-state index in [1.54, 1.807) is 12.4 Å². The first-order valence-electron chi connectivity index (χ1n) is 4.13. The lowest BCUT2D eigenvalue weighted by molar-refractivity contribution is -0.136. The van der Waals surface area contributed by atoms with Crippen LogP contribution in [0.2, 0.25) is 0 Å². The average Bonchev–Trinajstić information content (AvgIpc) is 2.14. The quantitative estimate of drug-likeness (QED) is 0.895. The monoisotopic (exact) mass is 258 g/mol. The summed E-state index contributed by atoms with van der Waals surface area (Å²) in [6.45, 7) is 0.480. The lowest BCUT2D eigenvalue weighted by atomic mass is 10.3. The van der Waals surface area contributed by atoms with Gasteiger partial charge in [-0.25, -0.2) is 0 Å². The molecule has 0 aliphatic carbocycles. The van der Waals surface area contributed by atoms with Crippen molar-refractivity contribution in [1.29, 1.82) is 0 Å². The predicted octanol–water partition coefficient (Wildman–Crippen LogP) is 1.76. The van der Waals surface area contributed by atoms with Crippen molar-refractivity contribution < 1.29 is 9.90 Å². The Kier molecular flexibility index (Phi) is 3.88. The normalized spacial score (nSPS) is 9.86. The molecule has 0 aromatic carbocycles. The molecule has 1 rings (SSSR count). The Balaban J connectivity index is 2.60. The van der Waals surface area contributed by atoms with Gasteiger partial charge in [0.2, 0.25) is 0 Å². The van der Waals surface area contributed by atoms with Gasteiger partial charge in [0.05, 0.1) is 18.3 Å². The molecule has 0 fully saturated rings. The largest absolute Gasteiger partial charge is 0.481 e. The fourth-order valence-electron chi connectivity index (χ4n) is 1.00. The van der Waals surface area contributed by atoms with E-state index in [-0.39, 0.29) is 6.42 Å². The third kappa shape index (κ3) is 3.33. The van der Waals surface area contributed by atoms with Crippen LogP contribution in [0.15, 0.2) is 22.9 Å². The molecule has 0 unspecified atom stereocenters. The molecule has 0 aliphatic heterocycles. The van der Waals surface area contributed by atoms with Crippen LogP contribution >= 0.6 is 15.9 Å². The van der Waals surface area contributed by atoms with Gasteiger partial charge in [-0.3, -0.25) is 9.78 Å². The van der Waals surface area contributed by atoms with Crippen molar-refractivity contribution in [2.75, 3.05) is 18.5 Å². The third-order valence-electron chi connectivity index (χ3n) is 1.79. The summed E-state index contributed by atoms with van der Waals surface area (Å²) < 4.78 is 0.886. The van der Waals surface area contributed by atoms with Crippen LogP contribution in [0.5, 0.6) is 0 Å². The van der Waals surface area contributed by atoms with Crippen molar-refractivity contribution in [2.24, 2.45) is 0 Å². The Morgan fingerprint density at radius 1 is 1.64 bits per heavy atom. The van der Waals surface area contributed by atoms with Crippen molar-refractivity contribution in [3.8, 4) is 0 Å². The number of aliphatic carboxylic acids is 1. The van der Waals surface area contributed by atoms with Crippen molar-refractivity contribution in [3.63, 3.8) is 0 Å². The fourth-order valence-corrected chi connectivity index (χ4v) is 1.35. The highest BCUT2D eigenvalue weighted by Crippen LogP contribution is 2.16. The number of anilines is 1. The average molecular weight is 259 g/mol. The van der Waals surface area contributed by atoms with Crippen LogP contribution < -0.4 is 4.90 Å². The summed E-state index contributed by atoms with van der Waals surface area (Å²) in [5, 5.41) is 8.51. The van der Waals surface area contributed by atoms with Gasteiger partial charge in [-0.15, -0.1) is 0 Å². The van der Waals surface area contributed by atoms with Gasteiger partial charge in [0.25, 0.3) is 0 Å². The van der Waals surface area contributed by atoms with Crippen molar-refractivity contribution in [1.82, 2.24) is 4.98 Å². The second-order valence-corrected chi connectivity index (χ2v) is 3.84. The van der Waals surface area contributed by atoms with Gasteiger partial charge in [-0.2, -0.15) is 0 Å². The molecule has 76 valence electrons. The first-order valence-corrected chi connectivity index (χ1v) is 4.92. The second-order valence-electron chi connectivity index (χ2n) is 2.93. The zero-order chi connectivity index (χ0) is 10.6. The lowest BCUT2D eigenvalue weighted by Crippen LogP contribution is -2.20. The highest BCUT2D eigenvalue weighted by Gasteiger charge is 2.04. The number of carboxylic acid groups (broad SMARTS) is 1. The predicted molar refractivity (Wildman–Crippen MR) is 57.5 cm³/mol. The first-order chi connectivity index (χ1) is 6.59. The number of nitrogens with zero attached hydrogens (tertiary/aromatic N) is 2. The van der Waals surface area contributed by atoms with Gasteiger partial charge in [0.15, 0.2) is 0 Å². The molecule has 1 N–H and O–H groups in total. The third-order valence-corrected chi connectivity index (χ3v) is 2.23. The van der Waals surface area contributed by atoms with Gasteiger partial charge >= 0.3 is 5.97 Å². The fraction of sp³-hybridized carbons (Fsp3) is 0.333. The second kappa shape index (κ2) is 4.95. The molecule has 0 amide bonds. The minimum absolute atomic E-state index is 0.128. The summed E-state index contributed by atoms with van der Waals surface area (Å²) in [4.78, 5) is 16.2. The van der Waals surface area contributed by atoms with E-state index in [4.69, 9.17) is 5.11 Å². The molecule has 0 saturated heterocycles. The molecule has 0 aliphatic rings. The summed E-state index contributed by atoms with van der Waals surface area (Å²) >= 11 is 3.30. The van der Waals surface area contributed by atoms with Crippen molar-refractivity contribution in [3.05, 3.63) is 22.9 Å². The molecule has 0 spiro atoms. The van der Waals surface area contributed by atoms with Gasteiger partial charge in [0.1, 0.15) is 0 Å². The standard InChI is InChI=1S/C9H11BrN2O2/c1-12(3-2-9(13)14)8-4-7(10)5-11-6-8/h4-6H,2-3H2,1H3,(H,13,14). The van der Waals surface area contributed by atoms with E-state index in [1.165, 1.54) is 0 Å². The lowest BCUT2D eigenvalue weighted by Gasteiger charge is -2.17. The number of rotatable bonds is 4. The maximum atomic E-state index is 10.4. The number of aromatic nitrogens is 1. The van der Waals surface area contributed by atoms with Crippen LogP contribution in [0.4, 0.5) is 5.69 Å². The topological polar surface area (TPSA) is 53.4 Å². The number of hydrogen-bond acceptors (Lipinski definition) is 3. The summed E-state index contributed by atoms with van der Waals surface area (Å²) in [7, 11) is 1.84. The molecular formula is C9H11BrN2O2. The molecule has 1 heterocycles. The zero-order valence-corrected chi connectivity index (χ0v) is 9.36. The maximum Gasteiger partial charge on any atom is 0.305 e. The van der Waals surface area contributed by atoms with E-state index < -0.39 is 5.97 Å². The number of carboxylic acids is 1. The van der Waals surface area contributed by atoms with Crippen molar-refractivity contribution >= 4 is 27.6 Å². The zero-order valence-electron chi connectivity index (χ0n) is 7.77. The van der Waals surface area contributed by atoms with E-state index in [9.17, 15) is 4.79 Å². The SMILES string of the molecule is CN(CCC(=O)O)c1cncc(Br)c1. The maximum absolute atomic E-state index is 10.4. The smallest absolute Gasteiger partial charge is 0.305 e. The number of carbonyl (C=O) groups is 1. The molecule has 0 atom stereocenters. The summed E-state index contributed by atoms with van der Waals surface area (Å²) in [5.41, 5.74) is 0.903. The summed E-state index contributed by atoms with van der Waals surface area (Å²) in [6.07, 6.45) is 3.52. The molecule has 0 radical (unpaired) electrons. The van der Waals surface area contributed by atoms with Crippen LogP contribution in [0.3, 0.4) is 0 Å². The van der Waals surface area contributed by atoms with Crippen LogP contribution in [0.1, 0.15) is 6.42 Å². The Morgan fingerprint density at radius 2 is 2.36 bits per heavy atom. The Labute approximate surface area is 90.7 Å². The summed E-state index contributed by atoms with van der Waals surface area (Å²) in [5.74, 6) is -0.792. The Bertz CT molecular complexity index is 330. The Hall–Kier alpha value is -1.10. The van der Waals surface area contributed by atoms with Crippen LogP contribution in [0, 0.1) is 0 Å². The van der Waals surface area contributed by atoms with Gasteiger partial charge < -0.3 is 10.0 Å². The Morgan fingerprint density at radius 3 is 2.93 bits per heavy atom. The molecule has 5 heteroatoms. The molecule has 14 heavy (non-hydrogen) atoms. The highest BCUT2D eigenvalue weighted by molar-refractivity contribution is 9.10. The minimum atomic E-state index is -0.792. The van der Waals surface area contributed by atoms with Crippen molar-refractivity contribution in [2.45, 2.75) is 6.42 Å². The van der Waals surface area contributed by atoms with Crippen LogP contribution in [0.25, 0.3) is 0 Å². The van der Waals surface area contributed by atoms with E-state index in [0.717, 1.165) is 10.2 Å². The van der Waals surface area contributed by atoms with E-state index >= 15 is 0 Å². The molecule has 1 aromatic heterocycles. The molecule has 0 saturated carbocycles. The number of halogens is 1.